The molecule has 0 bridgehead atoms. The molecule has 0 unspecified atom stereocenters. The Morgan fingerprint density at radius 2 is 2.25 bits per heavy atom. The summed E-state index contributed by atoms with van der Waals surface area (Å²) in [5.41, 5.74) is 4.96. The largest absolute Gasteiger partial charge is 0.390 e. The van der Waals surface area contributed by atoms with Gasteiger partial charge in [0.05, 0.1) is 5.60 Å². The molecule has 8 heavy (non-hydrogen) atoms. The predicted molar refractivity (Wildman–Crippen MR) is 32.4 cm³/mol. The lowest BCUT2D eigenvalue weighted by molar-refractivity contribution is -0.0536. The molecule has 2 nitrogen and oxygen atoms in total. The van der Waals surface area contributed by atoms with Gasteiger partial charge in [-0.1, -0.05) is 0 Å². The number of aliphatic hydroxyl groups is 1. The molecule has 1 aliphatic rings. The molecule has 0 aromatic carbocycles. The van der Waals surface area contributed by atoms with Crippen molar-refractivity contribution in [1.29, 1.82) is 0 Å². The van der Waals surface area contributed by atoms with Crippen molar-refractivity contribution >= 4 is 0 Å². The first-order valence-corrected chi connectivity index (χ1v) is 3.06. The van der Waals surface area contributed by atoms with Gasteiger partial charge in [0.25, 0.3) is 0 Å². The van der Waals surface area contributed by atoms with E-state index in [9.17, 15) is 0 Å². The minimum atomic E-state index is -0.385. The first-order valence-electron chi connectivity index (χ1n) is 3.06. The van der Waals surface area contributed by atoms with Crippen LogP contribution in [-0.2, 0) is 0 Å². The second-order valence-corrected chi connectivity index (χ2v) is 3.01. The van der Waals surface area contributed by atoms with Crippen molar-refractivity contribution in [2.45, 2.75) is 25.4 Å². The molecule has 0 aliphatic heterocycles. The molecule has 0 spiro atoms. The van der Waals surface area contributed by atoms with Crippen LogP contribution in [0.2, 0.25) is 0 Å². The molecule has 1 aliphatic carbocycles. The predicted octanol–water partition coefficient (Wildman–Crippen LogP) is 0.106. The third-order valence-corrected chi connectivity index (χ3v) is 1.79. The molecule has 48 valence electrons. The fourth-order valence-electron chi connectivity index (χ4n) is 1.35. The Balaban J connectivity index is 2.21. The van der Waals surface area contributed by atoms with Crippen molar-refractivity contribution < 1.29 is 5.11 Å². The summed E-state index contributed by atoms with van der Waals surface area (Å²) in [5.74, 6) is 0.588. The number of hydrogen-bond acceptors (Lipinski definition) is 2. The van der Waals surface area contributed by atoms with Crippen LogP contribution in [0.3, 0.4) is 0 Å². The van der Waals surface area contributed by atoms with Crippen molar-refractivity contribution in [3.05, 3.63) is 0 Å². The first kappa shape index (κ1) is 6.05. The minimum absolute atomic E-state index is 0.385. The third-order valence-electron chi connectivity index (χ3n) is 1.79. The molecule has 2 heteroatoms. The van der Waals surface area contributed by atoms with Gasteiger partial charge in [-0.25, -0.2) is 0 Å². The zero-order valence-corrected chi connectivity index (χ0v) is 5.22. The van der Waals surface area contributed by atoms with E-state index in [2.05, 4.69) is 0 Å². The summed E-state index contributed by atoms with van der Waals surface area (Å²) in [5, 5.41) is 9.16. The van der Waals surface area contributed by atoms with Gasteiger partial charge in [-0.2, -0.15) is 0 Å². The fourth-order valence-corrected chi connectivity index (χ4v) is 1.35. The molecule has 0 heterocycles. The van der Waals surface area contributed by atoms with Gasteiger partial charge in [0.1, 0.15) is 0 Å². The molecule has 0 saturated heterocycles. The second-order valence-electron chi connectivity index (χ2n) is 3.01. The lowest BCUT2D eigenvalue weighted by Crippen LogP contribution is -2.43. The van der Waals surface area contributed by atoms with Crippen LogP contribution in [0.1, 0.15) is 19.8 Å². The lowest BCUT2D eigenvalue weighted by Gasteiger charge is -2.40. The minimum Gasteiger partial charge on any atom is -0.390 e. The fraction of sp³-hybridized carbons (Fsp3) is 1.00. The summed E-state index contributed by atoms with van der Waals surface area (Å²) >= 11 is 0. The van der Waals surface area contributed by atoms with Gasteiger partial charge in [-0.05, 0) is 32.2 Å². The van der Waals surface area contributed by atoms with E-state index in [1.54, 1.807) is 0 Å². The second kappa shape index (κ2) is 1.71. The first-order chi connectivity index (χ1) is 3.64. The van der Waals surface area contributed by atoms with Crippen LogP contribution in [0.5, 0.6) is 0 Å². The van der Waals surface area contributed by atoms with Crippen LogP contribution < -0.4 is 5.73 Å². The highest BCUT2D eigenvalue weighted by Crippen LogP contribution is 2.35. The van der Waals surface area contributed by atoms with Crippen molar-refractivity contribution in [2.75, 3.05) is 6.54 Å². The van der Waals surface area contributed by atoms with E-state index in [-0.39, 0.29) is 5.60 Å². The highest BCUT2D eigenvalue weighted by Gasteiger charge is 2.36. The van der Waals surface area contributed by atoms with Gasteiger partial charge in [0.15, 0.2) is 0 Å². The summed E-state index contributed by atoms with van der Waals surface area (Å²) in [6.07, 6.45) is 1.78. The van der Waals surface area contributed by atoms with E-state index in [0.29, 0.717) is 5.92 Å². The molecule has 0 aromatic heterocycles. The monoisotopic (exact) mass is 115 g/mol. The normalized spacial score (nSPS) is 46.1. The van der Waals surface area contributed by atoms with E-state index in [4.69, 9.17) is 10.8 Å². The molecule has 0 aromatic rings. The molecule has 1 saturated carbocycles. The Morgan fingerprint density at radius 3 is 2.38 bits per heavy atom. The van der Waals surface area contributed by atoms with Crippen molar-refractivity contribution in [1.82, 2.24) is 0 Å². The van der Waals surface area contributed by atoms with E-state index in [1.807, 2.05) is 6.92 Å². The Labute approximate surface area is 49.7 Å². The maximum Gasteiger partial charge on any atom is 0.0626 e. The van der Waals surface area contributed by atoms with Crippen LogP contribution in [0.25, 0.3) is 0 Å². The van der Waals surface area contributed by atoms with Crippen LogP contribution in [0.4, 0.5) is 0 Å². The van der Waals surface area contributed by atoms with Crippen LogP contribution in [0, 0.1) is 5.92 Å². The van der Waals surface area contributed by atoms with Crippen LogP contribution in [0.15, 0.2) is 0 Å². The summed E-state index contributed by atoms with van der Waals surface area (Å²) in [6, 6.07) is 0. The average Bonchev–Trinajstić information content (AvgIpc) is 1.60. The number of rotatable bonds is 1. The molecule has 0 atom stereocenters. The maximum absolute atomic E-state index is 9.16. The van der Waals surface area contributed by atoms with Gasteiger partial charge in [0, 0.05) is 0 Å². The molecule has 0 radical (unpaired) electrons. The zero-order chi connectivity index (χ0) is 6.20. The highest BCUT2D eigenvalue weighted by molar-refractivity contribution is 4.90. The number of hydrogen-bond donors (Lipinski definition) is 2. The zero-order valence-electron chi connectivity index (χ0n) is 5.22. The van der Waals surface area contributed by atoms with Crippen LogP contribution >= 0.6 is 0 Å². The molecule has 1 fully saturated rings. The Hall–Kier alpha value is -0.0800. The van der Waals surface area contributed by atoms with Gasteiger partial charge >= 0.3 is 0 Å². The van der Waals surface area contributed by atoms with E-state index in [1.165, 1.54) is 0 Å². The molecule has 3 N–H and O–H groups in total. The van der Waals surface area contributed by atoms with E-state index < -0.39 is 0 Å². The van der Waals surface area contributed by atoms with Gasteiger partial charge in [-0.3, -0.25) is 0 Å². The standard InChI is InChI=1S/C6H13NO/c1-6(8)2-5(3-6)4-7/h5,8H,2-4,7H2,1H3/t5-,6+. The molecule has 1 rings (SSSR count). The van der Waals surface area contributed by atoms with Gasteiger partial charge in [0.2, 0.25) is 0 Å². The quantitative estimate of drug-likeness (QED) is 0.509. The van der Waals surface area contributed by atoms with Gasteiger partial charge < -0.3 is 10.8 Å². The maximum atomic E-state index is 9.16. The lowest BCUT2D eigenvalue weighted by atomic mass is 9.72. The Bertz CT molecular complexity index is 82.5. The average molecular weight is 115 g/mol. The summed E-state index contributed by atoms with van der Waals surface area (Å²) in [7, 11) is 0. The summed E-state index contributed by atoms with van der Waals surface area (Å²) in [6.45, 7) is 2.59. The summed E-state index contributed by atoms with van der Waals surface area (Å²) in [4.78, 5) is 0. The third kappa shape index (κ3) is 1.01. The molecular formula is C6H13NO. The topological polar surface area (TPSA) is 46.2 Å². The number of nitrogens with two attached hydrogens (primary N) is 1. The van der Waals surface area contributed by atoms with Crippen molar-refractivity contribution in [2.24, 2.45) is 11.7 Å². The Morgan fingerprint density at radius 1 is 1.75 bits per heavy atom. The van der Waals surface area contributed by atoms with Crippen molar-refractivity contribution in [3.63, 3.8) is 0 Å². The van der Waals surface area contributed by atoms with E-state index in [0.717, 1.165) is 19.4 Å². The van der Waals surface area contributed by atoms with Gasteiger partial charge in [-0.15, -0.1) is 0 Å². The molecular weight excluding hydrogens is 102 g/mol. The summed E-state index contributed by atoms with van der Waals surface area (Å²) < 4.78 is 0. The smallest absolute Gasteiger partial charge is 0.0626 e. The highest BCUT2D eigenvalue weighted by atomic mass is 16.3. The van der Waals surface area contributed by atoms with Crippen LogP contribution in [-0.4, -0.2) is 17.3 Å². The van der Waals surface area contributed by atoms with Crippen molar-refractivity contribution in [3.8, 4) is 0 Å². The molecule has 0 amide bonds. The SMILES string of the molecule is C[C@]1(O)C[C@@H](CN)C1. The Kier molecular flexibility index (Phi) is 1.29. The van der Waals surface area contributed by atoms with E-state index >= 15 is 0 Å².